The molecule has 162 valence electrons. The number of para-hydroxylation sites is 1. The SMILES string of the molecule is C=C(NC(=NCc1ccc(Cl)cc1)C1=C(N)CC(=O)CC1)c1ccccc1NCCC. The molecule has 1 aliphatic carbocycles. The summed E-state index contributed by atoms with van der Waals surface area (Å²) in [7, 11) is 0. The van der Waals surface area contributed by atoms with Crippen molar-refractivity contribution >= 4 is 34.6 Å². The fraction of sp³-hybridized carbons (Fsp3) is 0.280. The van der Waals surface area contributed by atoms with E-state index in [0.29, 0.717) is 35.9 Å². The summed E-state index contributed by atoms with van der Waals surface area (Å²) < 4.78 is 0. The third-order valence-electron chi connectivity index (χ3n) is 5.13. The van der Waals surface area contributed by atoms with Gasteiger partial charge >= 0.3 is 0 Å². The molecule has 0 aromatic heterocycles. The standard InChI is InChI=1S/C25H29ClN4O/c1-3-14-28-24-7-5-4-6-21(24)17(2)30-25(22-13-12-20(31)15-23(22)27)29-16-18-8-10-19(26)11-9-18/h4-11,28H,2-3,12-16,27H2,1H3,(H,29,30). The van der Waals surface area contributed by atoms with E-state index >= 15 is 0 Å². The molecule has 0 bridgehead atoms. The number of carbonyl (C=O) groups is 1. The lowest BCUT2D eigenvalue weighted by Crippen LogP contribution is -2.29. The van der Waals surface area contributed by atoms with Gasteiger partial charge in [0.15, 0.2) is 0 Å². The Morgan fingerprint density at radius 2 is 1.90 bits per heavy atom. The predicted molar refractivity (Wildman–Crippen MR) is 130 cm³/mol. The van der Waals surface area contributed by atoms with Crippen molar-refractivity contribution in [3.63, 3.8) is 0 Å². The zero-order valence-electron chi connectivity index (χ0n) is 17.9. The molecule has 2 aromatic carbocycles. The Morgan fingerprint density at radius 1 is 1.16 bits per heavy atom. The molecule has 4 N–H and O–H groups in total. The van der Waals surface area contributed by atoms with Gasteiger partial charge in [-0.25, -0.2) is 0 Å². The molecule has 5 nitrogen and oxygen atoms in total. The predicted octanol–water partition coefficient (Wildman–Crippen LogP) is 5.29. The number of nitrogens with two attached hydrogens (primary N) is 1. The Bertz CT molecular complexity index is 1010. The molecule has 0 fully saturated rings. The average Bonchev–Trinajstić information content (AvgIpc) is 2.76. The highest BCUT2D eigenvalue weighted by atomic mass is 35.5. The van der Waals surface area contributed by atoms with E-state index in [4.69, 9.17) is 22.3 Å². The van der Waals surface area contributed by atoms with Gasteiger partial charge in [-0.15, -0.1) is 0 Å². The van der Waals surface area contributed by atoms with E-state index in [1.807, 2.05) is 48.5 Å². The smallest absolute Gasteiger partial charge is 0.139 e. The van der Waals surface area contributed by atoms with Gasteiger partial charge in [0.05, 0.1) is 6.54 Å². The molecule has 0 atom stereocenters. The van der Waals surface area contributed by atoms with Crippen LogP contribution in [-0.2, 0) is 11.3 Å². The van der Waals surface area contributed by atoms with Gasteiger partial charge in [-0.3, -0.25) is 9.79 Å². The number of hydrogen-bond donors (Lipinski definition) is 3. The van der Waals surface area contributed by atoms with Crippen molar-refractivity contribution in [2.75, 3.05) is 11.9 Å². The molecule has 3 rings (SSSR count). The number of anilines is 1. The second kappa shape index (κ2) is 10.8. The van der Waals surface area contributed by atoms with Crippen molar-refractivity contribution in [3.8, 4) is 0 Å². The van der Waals surface area contributed by atoms with Crippen molar-refractivity contribution in [2.45, 2.75) is 39.2 Å². The molecule has 6 heteroatoms. The number of halogens is 1. The highest BCUT2D eigenvalue weighted by Crippen LogP contribution is 2.25. The number of hydrogen-bond acceptors (Lipinski definition) is 4. The fourth-order valence-corrected chi connectivity index (χ4v) is 3.57. The van der Waals surface area contributed by atoms with Gasteiger partial charge in [0.2, 0.25) is 0 Å². The van der Waals surface area contributed by atoms with Crippen molar-refractivity contribution in [1.82, 2.24) is 5.32 Å². The average molecular weight is 437 g/mol. The molecular weight excluding hydrogens is 408 g/mol. The number of allylic oxidation sites excluding steroid dienone is 1. The number of ketones is 1. The quantitative estimate of drug-likeness (QED) is 0.388. The van der Waals surface area contributed by atoms with E-state index in [0.717, 1.165) is 41.1 Å². The van der Waals surface area contributed by atoms with Gasteiger partial charge in [-0.2, -0.15) is 0 Å². The number of benzene rings is 2. The third-order valence-corrected chi connectivity index (χ3v) is 5.39. The van der Waals surface area contributed by atoms with Gasteiger partial charge in [0.1, 0.15) is 11.6 Å². The zero-order chi connectivity index (χ0) is 22.2. The van der Waals surface area contributed by atoms with E-state index in [1.165, 1.54) is 0 Å². The van der Waals surface area contributed by atoms with Crippen molar-refractivity contribution in [2.24, 2.45) is 10.7 Å². The monoisotopic (exact) mass is 436 g/mol. The first-order chi connectivity index (χ1) is 15.0. The van der Waals surface area contributed by atoms with Crippen molar-refractivity contribution in [1.29, 1.82) is 0 Å². The lowest BCUT2D eigenvalue weighted by molar-refractivity contribution is -0.118. The third kappa shape index (κ3) is 6.22. The molecule has 0 radical (unpaired) electrons. The number of aliphatic imine (C=N–C) groups is 1. The van der Waals surface area contributed by atoms with Crippen LogP contribution in [-0.4, -0.2) is 18.2 Å². The molecule has 0 saturated heterocycles. The number of rotatable bonds is 8. The molecule has 0 amide bonds. The van der Waals surface area contributed by atoms with Gasteiger partial charge in [-0.1, -0.05) is 55.4 Å². The summed E-state index contributed by atoms with van der Waals surface area (Å²) >= 11 is 5.99. The first kappa shape index (κ1) is 22.6. The van der Waals surface area contributed by atoms with Gasteiger partial charge in [-0.05, 0) is 36.6 Å². The molecule has 0 spiro atoms. The van der Waals surface area contributed by atoms with E-state index in [9.17, 15) is 4.79 Å². The van der Waals surface area contributed by atoms with Gasteiger partial charge in [0.25, 0.3) is 0 Å². The second-order valence-corrected chi connectivity index (χ2v) is 8.02. The maximum atomic E-state index is 11.8. The van der Waals surface area contributed by atoms with E-state index in [-0.39, 0.29) is 12.2 Å². The summed E-state index contributed by atoms with van der Waals surface area (Å²) in [5.74, 6) is 0.821. The lowest BCUT2D eigenvalue weighted by Gasteiger charge is -2.22. The Balaban J connectivity index is 1.89. The van der Waals surface area contributed by atoms with Crippen LogP contribution in [0.25, 0.3) is 5.70 Å². The number of amidine groups is 1. The molecule has 0 saturated carbocycles. The number of nitrogens with one attached hydrogen (secondary N) is 2. The van der Waals surface area contributed by atoms with Crippen LogP contribution >= 0.6 is 11.6 Å². The molecule has 0 heterocycles. The highest BCUT2D eigenvalue weighted by molar-refractivity contribution is 6.30. The molecule has 0 aliphatic heterocycles. The summed E-state index contributed by atoms with van der Waals surface area (Å²) in [6.07, 6.45) is 2.33. The van der Waals surface area contributed by atoms with Crippen molar-refractivity contribution < 1.29 is 4.79 Å². The first-order valence-electron chi connectivity index (χ1n) is 10.6. The van der Waals surface area contributed by atoms with E-state index < -0.39 is 0 Å². The topological polar surface area (TPSA) is 79.5 Å². The van der Waals surface area contributed by atoms with Crippen LogP contribution in [0, 0.1) is 0 Å². The van der Waals surface area contributed by atoms with Crippen LogP contribution in [0.15, 0.2) is 71.4 Å². The summed E-state index contributed by atoms with van der Waals surface area (Å²) in [5, 5.41) is 7.52. The lowest BCUT2D eigenvalue weighted by atomic mass is 9.94. The minimum atomic E-state index is 0.159. The van der Waals surface area contributed by atoms with Crippen LogP contribution in [0.1, 0.15) is 43.7 Å². The largest absolute Gasteiger partial charge is 0.401 e. The Hall–Kier alpha value is -3.05. The molecule has 2 aromatic rings. The van der Waals surface area contributed by atoms with E-state index in [2.05, 4.69) is 24.1 Å². The molecule has 31 heavy (non-hydrogen) atoms. The van der Waals surface area contributed by atoms with Gasteiger partial charge in [0, 0.05) is 52.6 Å². The number of carbonyl (C=O) groups excluding carboxylic acids is 1. The number of nitrogens with zero attached hydrogens (tertiary/aromatic N) is 1. The van der Waals surface area contributed by atoms with Crippen LogP contribution in [0.2, 0.25) is 5.02 Å². The van der Waals surface area contributed by atoms with Crippen LogP contribution in [0.4, 0.5) is 5.69 Å². The summed E-state index contributed by atoms with van der Waals surface area (Å²) in [5.41, 5.74) is 11.5. The second-order valence-electron chi connectivity index (χ2n) is 7.59. The molecule has 1 aliphatic rings. The minimum Gasteiger partial charge on any atom is -0.401 e. The van der Waals surface area contributed by atoms with E-state index in [1.54, 1.807) is 0 Å². The van der Waals surface area contributed by atoms with Crippen LogP contribution < -0.4 is 16.4 Å². The zero-order valence-corrected chi connectivity index (χ0v) is 18.6. The summed E-state index contributed by atoms with van der Waals surface area (Å²) in [6.45, 7) is 7.73. The minimum absolute atomic E-state index is 0.159. The van der Waals surface area contributed by atoms with Gasteiger partial charge < -0.3 is 16.4 Å². The number of Topliss-reactive ketones (excluding diaryl/α,β-unsaturated/α-hetero) is 1. The maximum absolute atomic E-state index is 11.8. The Morgan fingerprint density at radius 3 is 2.61 bits per heavy atom. The fourth-order valence-electron chi connectivity index (χ4n) is 3.44. The Labute approximate surface area is 189 Å². The maximum Gasteiger partial charge on any atom is 0.139 e. The molecule has 0 unspecified atom stereocenters. The van der Waals surface area contributed by atoms with Crippen LogP contribution in [0.3, 0.4) is 0 Å². The van der Waals surface area contributed by atoms with Crippen molar-refractivity contribution in [3.05, 3.63) is 82.5 Å². The van der Waals surface area contributed by atoms with Crippen LogP contribution in [0.5, 0.6) is 0 Å². The first-order valence-corrected chi connectivity index (χ1v) is 10.9. The highest BCUT2D eigenvalue weighted by Gasteiger charge is 2.21. The summed E-state index contributed by atoms with van der Waals surface area (Å²) in [6, 6.07) is 15.6. The molecular formula is C25H29ClN4O. The Kier molecular flexibility index (Phi) is 7.90. The normalized spacial score (nSPS) is 14.5. The summed E-state index contributed by atoms with van der Waals surface area (Å²) in [4.78, 5) is 16.6.